The van der Waals surface area contributed by atoms with Crippen LogP contribution in [0.2, 0.25) is 0 Å². The van der Waals surface area contributed by atoms with Gasteiger partial charge in [0.05, 0.1) is 0 Å². The first-order chi connectivity index (χ1) is 8.58. The minimum Gasteiger partial charge on any atom is -0.508 e. The second kappa shape index (κ2) is 5.44. The summed E-state index contributed by atoms with van der Waals surface area (Å²) in [4.78, 5) is 2.14. The number of hydrogen-bond donors (Lipinski definition) is 1. The number of benzene rings is 2. The van der Waals surface area contributed by atoms with Gasteiger partial charge in [0.2, 0.25) is 0 Å². The minimum atomic E-state index is 0.332. The number of phenolic OH excluding ortho intramolecular Hbond substituents is 1. The molecule has 0 aliphatic heterocycles. The average Bonchev–Trinajstić information content (AvgIpc) is 2.34. The Morgan fingerprint density at radius 3 is 2.61 bits per heavy atom. The number of aromatic hydroxyl groups is 1. The lowest BCUT2D eigenvalue weighted by molar-refractivity contribution is 0.467. The van der Waals surface area contributed by atoms with Gasteiger partial charge < -0.3 is 10.0 Å². The Kier molecular flexibility index (Phi) is 3.92. The average molecular weight is 306 g/mol. The van der Waals surface area contributed by atoms with Gasteiger partial charge in [-0.25, -0.2) is 0 Å². The summed E-state index contributed by atoms with van der Waals surface area (Å²) in [5.41, 5.74) is 3.32. The molecule has 18 heavy (non-hydrogen) atoms. The van der Waals surface area contributed by atoms with E-state index in [-0.39, 0.29) is 0 Å². The largest absolute Gasteiger partial charge is 0.508 e. The quantitative estimate of drug-likeness (QED) is 0.923. The highest BCUT2D eigenvalue weighted by Gasteiger charge is 2.08. The molecule has 0 unspecified atom stereocenters. The van der Waals surface area contributed by atoms with E-state index in [4.69, 9.17) is 0 Å². The van der Waals surface area contributed by atoms with Crippen LogP contribution in [-0.2, 0) is 6.54 Å². The molecule has 0 aliphatic rings. The summed E-state index contributed by atoms with van der Waals surface area (Å²) < 4.78 is 0.980. The van der Waals surface area contributed by atoms with E-state index in [1.807, 2.05) is 31.3 Å². The van der Waals surface area contributed by atoms with Crippen molar-refractivity contribution in [2.24, 2.45) is 0 Å². The van der Waals surface area contributed by atoms with Gasteiger partial charge in [0.1, 0.15) is 5.75 Å². The Morgan fingerprint density at radius 1 is 1.17 bits per heavy atom. The second-order valence-corrected chi connectivity index (χ2v) is 5.33. The lowest BCUT2D eigenvalue weighted by atomic mass is 10.1. The molecule has 0 radical (unpaired) electrons. The highest BCUT2D eigenvalue weighted by Crippen LogP contribution is 2.26. The first-order valence-corrected chi connectivity index (χ1v) is 6.61. The molecule has 0 fully saturated rings. The SMILES string of the molecule is Cc1ccccc1N(C)Cc1cc(Br)ccc1O. The maximum Gasteiger partial charge on any atom is 0.120 e. The van der Waals surface area contributed by atoms with Crippen molar-refractivity contribution in [1.82, 2.24) is 0 Å². The van der Waals surface area contributed by atoms with Crippen LogP contribution in [0.25, 0.3) is 0 Å². The monoisotopic (exact) mass is 305 g/mol. The summed E-state index contributed by atoms with van der Waals surface area (Å²) in [7, 11) is 2.03. The number of halogens is 1. The van der Waals surface area contributed by atoms with Gasteiger partial charge in [0.15, 0.2) is 0 Å². The lowest BCUT2D eigenvalue weighted by Gasteiger charge is -2.22. The molecule has 1 N–H and O–H groups in total. The third-order valence-corrected chi connectivity index (χ3v) is 3.47. The summed E-state index contributed by atoms with van der Waals surface area (Å²) >= 11 is 3.43. The van der Waals surface area contributed by atoms with E-state index in [2.05, 4.69) is 39.9 Å². The van der Waals surface area contributed by atoms with Crippen molar-refractivity contribution in [2.75, 3.05) is 11.9 Å². The van der Waals surface area contributed by atoms with Crippen LogP contribution in [0.3, 0.4) is 0 Å². The van der Waals surface area contributed by atoms with Crippen LogP contribution in [0, 0.1) is 6.92 Å². The molecular weight excluding hydrogens is 290 g/mol. The van der Waals surface area contributed by atoms with Crippen molar-refractivity contribution >= 4 is 21.6 Å². The van der Waals surface area contributed by atoms with E-state index in [1.165, 1.54) is 11.3 Å². The Hall–Kier alpha value is -1.48. The molecule has 0 heterocycles. The lowest BCUT2D eigenvalue weighted by Crippen LogP contribution is -2.17. The van der Waals surface area contributed by atoms with E-state index in [9.17, 15) is 5.11 Å². The van der Waals surface area contributed by atoms with Crippen molar-refractivity contribution in [3.8, 4) is 5.75 Å². The van der Waals surface area contributed by atoms with Gasteiger partial charge >= 0.3 is 0 Å². The molecule has 0 bridgehead atoms. The second-order valence-electron chi connectivity index (χ2n) is 4.42. The Labute approximate surface area is 116 Å². The van der Waals surface area contributed by atoms with Gasteiger partial charge in [0.25, 0.3) is 0 Å². The Bertz CT molecular complexity index is 554. The number of phenols is 1. The summed E-state index contributed by atoms with van der Waals surface area (Å²) in [6.07, 6.45) is 0. The Balaban J connectivity index is 2.24. The predicted molar refractivity (Wildman–Crippen MR) is 79.1 cm³/mol. The molecule has 2 aromatic rings. The van der Waals surface area contributed by atoms with Crippen LogP contribution >= 0.6 is 15.9 Å². The molecular formula is C15H16BrNO. The van der Waals surface area contributed by atoms with Gasteiger partial charge in [0, 0.05) is 29.3 Å². The zero-order chi connectivity index (χ0) is 13.1. The van der Waals surface area contributed by atoms with Crippen molar-refractivity contribution in [3.63, 3.8) is 0 Å². The van der Waals surface area contributed by atoms with Gasteiger partial charge in [-0.15, -0.1) is 0 Å². The number of rotatable bonds is 3. The van der Waals surface area contributed by atoms with Crippen LogP contribution in [-0.4, -0.2) is 12.2 Å². The van der Waals surface area contributed by atoms with Crippen LogP contribution in [0.15, 0.2) is 46.9 Å². The zero-order valence-electron chi connectivity index (χ0n) is 10.5. The molecule has 0 aliphatic carbocycles. The summed E-state index contributed by atoms with van der Waals surface area (Å²) in [5.74, 6) is 0.332. The smallest absolute Gasteiger partial charge is 0.120 e. The molecule has 0 saturated carbocycles. The molecule has 3 heteroatoms. The molecule has 0 spiro atoms. The molecule has 94 valence electrons. The Morgan fingerprint density at radius 2 is 1.89 bits per heavy atom. The summed E-state index contributed by atoms with van der Waals surface area (Å²) in [5, 5.41) is 9.85. The molecule has 2 rings (SSSR count). The molecule has 0 atom stereocenters. The van der Waals surface area contributed by atoms with Gasteiger partial charge in [-0.05, 0) is 36.8 Å². The predicted octanol–water partition coefficient (Wildman–Crippen LogP) is 4.10. The van der Waals surface area contributed by atoms with Crippen molar-refractivity contribution in [1.29, 1.82) is 0 Å². The molecule has 0 aromatic heterocycles. The van der Waals surface area contributed by atoms with Gasteiger partial charge in [-0.1, -0.05) is 34.1 Å². The topological polar surface area (TPSA) is 23.5 Å². The van der Waals surface area contributed by atoms with E-state index >= 15 is 0 Å². The van der Waals surface area contributed by atoms with E-state index < -0.39 is 0 Å². The zero-order valence-corrected chi connectivity index (χ0v) is 12.1. The fourth-order valence-electron chi connectivity index (χ4n) is 2.01. The molecule has 0 saturated heterocycles. The summed E-state index contributed by atoms with van der Waals surface area (Å²) in [6.45, 7) is 2.77. The maximum absolute atomic E-state index is 9.85. The molecule has 0 amide bonds. The van der Waals surface area contributed by atoms with Crippen molar-refractivity contribution < 1.29 is 5.11 Å². The first-order valence-electron chi connectivity index (χ1n) is 5.82. The van der Waals surface area contributed by atoms with Crippen LogP contribution < -0.4 is 4.90 Å². The van der Waals surface area contributed by atoms with Crippen molar-refractivity contribution in [2.45, 2.75) is 13.5 Å². The van der Waals surface area contributed by atoms with Crippen LogP contribution in [0.4, 0.5) is 5.69 Å². The maximum atomic E-state index is 9.85. The summed E-state index contributed by atoms with van der Waals surface area (Å²) in [6, 6.07) is 13.7. The highest BCUT2D eigenvalue weighted by molar-refractivity contribution is 9.10. The fourth-order valence-corrected chi connectivity index (χ4v) is 2.42. The third-order valence-electron chi connectivity index (χ3n) is 2.98. The number of aryl methyl sites for hydroxylation is 1. The van der Waals surface area contributed by atoms with E-state index in [1.54, 1.807) is 6.07 Å². The number of anilines is 1. The van der Waals surface area contributed by atoms with Gasteiger partial charge in [-0.3, -0.25) is 0 Å². The van der Waals surface area contributed by atoms with Crippen LogP contribution in [0.1, 0.15) is 11.1 Å². The highest BCUT2D eigenvalue weighted by atomic mass is 79.9. The minimum absolute atomic E-state index is 0.332. The van der Waals surface area contributed by atoms with Crippen LogP contribution in [0.5, 0.6) is 5.75 Å². The first kappa shape index (κ1) is 13.0. The van der Waals surface area contributed by atoms with E-state index in [0.29, 0.717) is 12.3 Å². The number of nitrogens with zero attached hydrogens (tertiary/aromatic N) is 1. The third kappa shape index (κ3) is 2.85. The van der Waals surface area contributed by atoms with E-state index in [0.717, 1.165) is 10.0 Å². The molecule has 2 nitrogen and oxygen atoms in total. The van der Waals surface area contributed by atoms with Crippen molar-refractivity contribution in [3.05, 3.63) is 58.1 Å². The normalized spacial score (nSPS) is 10.4. The standard InChI is InChI=1S/C15H16BrNO/c1-11-5-3-4-6-14(11)17(2)10-12-9-13(16)7-8-15(12)18/h3-9,18H,10H2,1-2H3. The van der Waals surface area contributed by atoms with Gasteiger partial charge in [-0.2, -0.15) is 0 Å². The fraction of sp³-hybridized carbons (Fsp3) is 0.200. The number of hydrogen-bond acceptors (Lipinski definition) is 2. The number of para-hydroxylation sites is 1. The molecule has 2 aromatic carbocycles.